The summed E-state index contributed by atoms with van der Waals surface area (Å²) in [5.41, 5.74) is -0.298. The zero-order valence-corrected chi connectivity index (χ0v) is 21.6. The minimum atomic E-state index is -4.59. The molecule has 0 aliphatic carbocycles. The lowest BCUT2D eigenvalue weighted by Crippen LogP contribution is -2.39. The minimum Gasteiger partial charge on any atom is -0.369 e. The molecule has 2 fully saturated rings. The molecule has 2 N–H and O–H groups in total. The van der Waals surface area contributed by atoms with Crippen molar-refractivity contribution in [3.8, 4) is 0 Å². The molecule has 4 heterocycles. The first-order valence-electron chi connectivity index (χ1n) is 13.2. The van der Waals surface area contributed by atoms with Gasteiger partial charge in [-0.2, -0.15) is 23.3 Å². The highest BCUT2D eigenvalue weighted by Gasteiger charge is 2.35. The van der Waals surface area contributed by atoms with Gasteiger partial charge in [-0.1, -0.05) is 6.42 Å². The third kappa shape index (κ3) is 7.33. The second kappa shape index (κ2) is 12.1. The van der Waals surface area contributed by atoms with Crippen LogP contribution in [-0.4, -0.2) is 74.2 Å². The van der Waals surface area contributed by atoms with Crippen LogP contribution in [0.15, 0.2) is 18.6 Å². The number of alkyl halides is 3. The molecular weight excluding hydrogens is 485 g/mol. The number of aromatic nitrogens is 4. The van der Waals surface area contributed by atoms with Crippen LogP contribution in [0, 0.1) is 0 Å². The van der Waals surface area contributed by atoms with E-state index in [1.165, 1.54) is 0 Å². The van der Waals surface area contributed by atoms with Crippen LogP contribution in [0.1, 0.15) is 70.4 Å². The lowest BCUT2D eigenvalue weighted by molar-refractivity contribution is -0.137. The van der Waals surface area contributed by atoms with E-state index in [1.54, 1.807) is 11.1 Å². The van der Waals surface area contributed by atoms with E-state index < -0.39 is 11.7 Å². The Bertz CT molecular complexity index is 1030. The van der Waals surface area contributed by atoms with Crippen LogP contribution >= 0.6 is 0 Å². The number of rotatable bonds is 9. The third-order valence-corrected chi connectivity index (χ3v) is 7.12. The molecular formula is C25H37F3N8O. The number of nitrogens with one attached hydrogen (secondary N) is 2. The summed E-state index contributed by atoms with van der Waals surface area (Å²) in [5, 5.41) is 10.3. The average molecular weight is 523 g/mol. The Morgan fingerprint density at radius 2 is 1.89 bits per heavy atom. The van der Waals surface area contributed by atoms with E-state index in [1.807, 2.05) is 10.9 Å². The monoisotopic (exact) mass is 522 g/mol. The maximum atomic E-state index is 13.6. The van der Waals surface area contributed by atoms with Crippen LogP contribution < -0.4 is 10.6 Å². The summed E-state index contributed by atoms with van der Waals surface area (Å²) in [5.74, 6) is -0.0963. The van der Waals surface area contributed by atoms with E-state index in [-0.39, 0.29) is 30.3 Å². The van der Waals surface area contributed by atoms with Crippen molar-refractivity contribution in [2.45, 2.75) is 77.1 Å². The fourth-order valence-corrected chi connectivity index (χ4v) is 4.93. The smallest absolute Gasteiger partial charge is 0.369 e. The molecule has 2 saturated heterocycles. The van der Waals surface area contributed by atoms with Crippen molar-refractivity contribution in [1.29, 1.82) is 0 Å². The summed E-state index contributed by atoms with van der Waals surface area (Å²) in [4.78, 5) is 24.4. The first-order chi connectivity index (χ1) is 17.7. The molecule has 9 nitrogen and oxygen atoms in total. The van der Waals surface area contributed by atoms with Gasteiger partial charge < -0.3 is 20.4 Å². The first kappa shape index (κ1) is 27.2. The summed E-state index contributed by atoms with van der Waals surface area (Å²) in [6, 6.07) is 0.805. The number of nitrogens with zero attached hydrogens (tertiary/aromatic N) is 6. The Balaban J connectivity index is 1.36. The Hall–Kier alpha value is -2.89. The van der Waals surface area contributed by atoms with Gasteiger partial charge in [-0.25, -0.2) is 4.98 Å². The van der Waals surface area contributed by atoms with Gasteiger partial charge >= 0.3 is 6.18 Å². The molecule has 2 aromatic rings. The van der Waals surface area contributed by atoms with Gasteiger partial charge in [0.2, 0.25) is 11.9 Å². The van der Waals surface area contributed by atoms with Crippen LogP contribution in [-0.2, 0) is 11.0 Å². The number of carbonyl (C=O) groups is 1. The summed E-state index contributed by atoms with van der Waals surface area (Å²) < 4.78 is 42.6. The number of carbonyl (C=O) groups excluding carboxylic acids is 1. The van der Waals surface area contributed by atoms with Gasteiger partial charge in [-0.3, -0.25) is 9.48 Å². The lowest BCUT2D eigenvalue weighted by atomic mass is 10.0. The second-order valence-electron chi connectivity index (χ2n) is 10.1. The SMILES string of the molecule is CC(C)N1CCC(n2cc(Nc3ncc(C(F)(F)F)c(NCCCN4CCCCCC4=O)n3)cn2)CC1. The highest BCUT2D eigenvalue weighted by Crippen LogP contribution is 2.34. The molecule has 0 saturated carbocycles. The van der Waals surface area contributed by atoms with E-state index in [0.717, 1.165) is 51.4 Å². The standard InChI is InChI=1S/C25H37F3N8O/c1-18(2)34-13-8-20(9-14-34)36-17-19(15-31-36)32-24-30-16-21(25(26,27)28)23(33-24)29-10-6-12-35-11-5-3-4-7-22(35)37/h15-18,20H,3-14H2,1-2H3,(H2,29,30,32,33). The zero-order valence-electron chi connectivity index (χ0n) is 21.6. The Morgan fingerprint density at radius 3 is 2.62 bits per heavy atom. The van der Waals surface area contributed by atoms with E-state index >= 15 is 0 Å². The lowest BCUT2D eigenvalue weighted by Gasteiger charge is -2.34. The van der Waals surface area contributed by atoms with Crippen LogP contribution in [0.25, 0.3) is 0 Å². The van der Waals surface area contributed by atoms with Gasteiger partial charge in [0.25, 0.3) is 0 Å². The van der Waals surface area contributed by atoms with Crippen molar-refractivity contribution in [2.24, 2.45) is 0 Å². The number of amides is 1. The van der Waals surface area contributed by atoms with Gasteiger partial charge in [0.1, 0.15) is 11.4 Å². The fourth-order valence-electron chi connectivity index (χ4n) is 4.93. The van der Waals surface area contributed by atoms with Crippen LogP contribution in [0.4, 0.5) is 30.6 Å². The summed E-state index contributed by atoms with van der Waals surface area (Å²) in [7, 11) is 0. The molecule has 12 heteroatoms. The Labute approximate surface area is 215 Å². The average Bonchev–Trinajstić information content (AvgIpc) is 3.22. The molecule has 2 aliphatic rings. The van der Waals surface area contributed by atoms with Crippen LogP contribution in [0.5, 0.6) is 0 Å². The maximum Gasteiger partial charge on any atom is 0.421 e. The maximum absolute atomic E-state index is 13.6. The Kier molecular flexibility index (Phi) is 8.88. The number of halogens is 3. The number of piperidine rings is 1. The van der Waals surface area contributed by atoms with Gasteiger partial charge in [-0.15, -0.1) is 0 Å². The van der Waals surface area contributed by atoms with E-state index in [2.05, 4.69) is 44.4 Å². The largest absolute Gasteiger partial charge is 0.421 e. The van der Waals surface area contributed by atoms with Crippen LogP contribution in [0.3, 0.4) is 0 Å². The number of hydrogen-bond donors (Lipinski definition) is 2. The first-order valence-corrected chi connectivity index (χ1v) is 13.2. The van der Waals surface area contributed by atoms with Crippen molar-refractivity contribution >= 4 is 23.4 Å². The number of likely N-dealkylation sites (tertiary alicyclic amines) is 2. The van der Waals surface area contributed by atoms with Gasteiger partial charge in [-0.05, 0) is 46.0 Å². The van der Waals surface area contributed by atoms with Crippen molar-refractivity contribution in [3.63, 3.8) is 0 Å². The predicted molar refractivity (Wildman–Crippen MR) is 136 cm³/mol. The van der Waals surface area contributed by atoms with E-state index in [0.29, 0.717) is 37.7 Å². The normalized spacial score (nSPS) is 18.3. The van der Waals surface area contributed by atoms with Gasteiger partial charge in [0.15, 0.2) is 0 Å². The summed E-state index contributed by atoms with van der Waals surface area (Å²) in [6.07, 6.45) is 5.64. The van der Waals surface area contributed by atoms with E-state index in [4.69, 9.17) is 0 Å². The van der Waals surface area contributed by atoms with Gasteiger partial charge in [0.05, 0.1) is 17.9 Å². The fraction of sp³-hybridized carbons (Fsp3) is 0.680. The van der Waals surface area contributed by atoms with Crippen LogP contribution in [0.2, 0.25) is 0 Å². The summed E-state index contributed by atoms with van der Waals surface area (Å²) >= 11 is 0. The van der Waals surface area contributed by atoms with Gasteiger partial charge in [0, 0.05) is 57.6 Å². The van der Waals surface area contributed by atoms with Crippen molar-refractivity contribution in [3.05, 3.63) is 24.2 Å². The highest BCUT2D eigenvalue weighted by molar-refractivity contribution is 5.76. The molecule has 1 amide bonds. The molecule has 0 radical (unpaired) electrons. The molecule has 0 atom stereocenters. The predicted octanol–water partition coefficient (Wildman–Crippen LogP) is 4.69. The molecule has 0 spiro atoms. The quantitative estimate of drug-likeness (QED) is 0.462. The summed E-state index contributed by atoms with van der Waals surface area (Å²) in [6.45, 7) is 7.88. The molecule has 0 bridgehead atoms. The van der Waals surface area contributed by atoms with Crippen molar-refractivity contribution in [2.75, 3.05) is 43.4 Å². The molecule has 4 rings (SSSR count). The van der Waals surface area contributed by atoms with Crippen molar-refractivity contribution in [1.82, 2.24) is 29.5 Å². The molecule has 37 heavy (non-hydrogen) atoms. The second-order valence-corrected chi connectivity index (χ2v) is 10.1. The van der Waals surface area contributed by atoms with Crippen molar-refractivity contribution < 1.29 is 18.0 Å². The highest BCUT2D eigenvalue weighted by atomic mass is 19.4. The topological polar surface area (TPSA) is 91.2 Å². The molecule has 2 aliphatic heterocycles. The number of anilines is 3. The zero-order chi connectivity index (χ0) is 26.4. The minimum absolute atomic E-state index is 0.0624. The number of hydrogen-bond acceptors (Lipinski definition) is 7. The molecule has 2 aromatic heterocycles. The van der Waals surface area contributed by atoms with E-state index in [9.17, 15) is 18.0 Å². The third-order valence-electron chi connectivity index (χ3n) is 7.12. The Morgan fingerprint density at radius 1 is 1.11 bits per heavy atom. The molecule has 0 aromatic carbocycles. The molecule has 204 valence electrons. The molecule has 0 unspecified atom stereocenters.